The lowest BCUT2D eigenvalue weighted by molar-refractivity contribution is 1.17. The van der Waals surface area contributed by atoms with Crippen molar-refractivity contribution >= 4 is 16.5 Å². The highest BCUT2D eigenvalue weighted by Crippen LogP contribution is 2.32. The fourth-order valence-electron chi connectivity index (χ4n) is 1.81. The first-order valence-electron chi connectivity index (χ1n) is 5.44. The molecule has 0 unspecified atom stereocenters. The summed E-state index contributed by atoms with van der Waals surface area (Å²) >= 11 is 1.59. The zero-order chi connectivity index (χ0) is 11.7. The van der Waals surface area contributed by atoms with Crippen molar-refractivity contribution in [2.75, 3.05) is 5.73 Å². The normalized spacial score (nSPS) is 10.7. The molecule has 0 saturated carbocycles. The summed E-state index contributed by atoms with van der Waals surface area (Å²) in [4.78, 5) is 5.72. The molecule has 16 heavy (non-hydrogen) atoms. The molecule has 0 atom stereocenters. The number of anilines is 1. The Balaban J connectivity index is 2.61. The Labute approximate surface area is 100 Å². The van der Waals surface area contributed by atoms with Crippen molar-refractivity contribution in [2.24, 2.45) is 0 Å². The van der Waals surface area contributed by atoms with E-state index < -0.39 is 0 Å². The van der Waals surface area contributed by atoms with E-state index in [-0.39, 0.29) is 0 Å². The van der Waals surface area contributed by atoms with Gasteiger partial charge in [0.05, 0.1) is 5.69 Å². The molecule has 0 aliphatic rings. The first kappa shape index (κ1) is 11.1. The number of nitrogen functional groups attached to an aromatic ring is 1. The number of aryl methyl sites for hydroxylation is 3. The van der Waals surface area contributed by atoms with E-state index in [1.807, 2.05) is 0 Å². The molecule has 3 heteroatoms. The fourth-order valence-corrected chi connectivity index (χ4v) is 2.60. The highest BCUT2D eigenvalue weighted by atomic mass is 32.1. The number of hydrogen-bond donors (Lipinski definition) is 1. The van der Waals surface area contributed by atoms with Crippen LogP contribution in [0.4, 0.5) is 5.13 Å². The molecule has 0 radical (unpaired) electrons. The van der Waals surface area contributed by atoms with Crippen molar-refractivity contribution in [1.29, 1.82) is 0 Å². The molecule has 0 aliphatic carbocycles. The number of rotatable bonds is 2. The highest BCUT2D eigenvalue weighted by molar-refractivity contribution is 7.15. The molecule has 0 aliphatic heterocycles. The third kappa shape index (κ3) is 1.95. The van der Waals surface area contributed by atoms with Crippen LogP contribution in [0.2, 0.25) is 0 Å². The topological polar surface area (TPSA) is 38.9 Å². The van der Waals surface area contributed by atoms with Gasteiger partial charge in [0.2, 0.25) is 0 Å². The van der Waals surface area contributed by atoms with Crippen molar-refractivity contribution in [3.05, 3.63) is 34.2 Å². The number of hydrogen-bond acceptors (Lipinski definition) is 3. The second-order valence-corrected chi connectivity index (χ2v) is 5.11. The molecular formula is C13H16N2S. The quantitative estimate of drug-likeness (QED) is 0.859. The highest BCUT2D eigenvalue weighted by Gasteiger charge is 2.12. The first-order chi connectivity index (χ1) is 7.61. The lowest BCUT2D eigenvalue weighted by atomic mass is 10.0. The Kier molecular flexibility index (Phi) is 2.97. The Hall–Kier alpha value is -1.35. The van der Waals surface area contributed by atoms with Crippen molar-refractivity contribution in [2.45, 2.75) is 27.2 Å². The summed E-state index contributed by atoms with van der Waals surface area (Å²) < 4.78 is 0. The molecular weight excluding hydrogens is 216 g/mol. The SMILES string of the molecule is CCc1sc(N)nc1-c1cc(C)ccc1C. The largest absolute Gasteiger partial charge is 0.375 e. The smallest absolute Gasteiger partial charge is 0.180 e. The predicted molar refractivity (Wildman–Crippen MR) is 70.8 cm³/mol. The van der Waals surface area contributed by atoms with E-state index >= 15 is 0 Å². The molecule has 0 saturated heterocycles. The van der Waals surface area contributed by atoms with Gasteiger partial charge in [0, 0.05) is 10.4 Å². The number of benzene rings is 1. The van der Waals surface area contributed by atoms with E-state index in [4.69, 9.17) is 5.73 Å². The summed E-state index contributed by atoms with van der Waals surface area (Å²) in [6, 6.07) is 6.45. The van der Waals surface area contributed by atoms with E-state index in [2.05, 4.69) is 44.0 Å². The second kappa shape index (κ2) is 4.26. The molecule has 2 aromatic rings. The second-order valence-electron chi connectivity index (χ2n) is 4.00. The molecule has 0 amide bonds. The van der Waals surface area contributed by atoms with E-state index in [0.717, 1.165) is 12.1 Å². The summed E-state index contributed by atoms with van der Waals surface area (Å²) in [7, 11) is 0. The molecule has 1 aromatic heterocycles. The third-order valence-electron chi connectivity index (χ3n) is 2.68. The summed E-state index contributed by atoms with van der Waals surface area (Å²) in [5.74, 6) is 0. The van der Waals surface area contributed by atoms with Crippen LogP contribution in [0, 0.1) is 13.8 Å². The van der Waals surface area contributed by atoms with Crippen LogP contribution in [-0.4, -0.2) is 4.98 Å². The molecule has 1 aromatic carbocycles. The molecule has 2 rings (SSSR count). The minimum absolute atomic E-state index is 0.660. The number of nitrogens with two attached hydrogens (primary N) is 1. The van der Waals surface area contributed by atoms with Gasteiger partial charge in [-0.05, 0) is 31.9 Å². The minimum Gasteiger partial charge on any atom is -0.375 e. The van der Waals surface area contributed by atoms with Gasteiger partial charge in [-0.25, -0.2) is 4.98 Å². The lowest BCUT2D eigenvalue weighted by Gasteiger charge is -2.06. The van der Waals surface area contributed by atoms with Crippen molar-refractivity contribution in [3.8, 4) is 11.3 Å². The van der Waals surface area contributed by atoms with Crippen molar-refractivity contribution in [3.63, 3.8) is 0 Å². The lowest BCUT2D eigenvalue weighted by Crippen LogP contribution is -1.89. The average molecular weight is 232 g/mol. The number of thiazole rings is 1. The van der Waals surface area contributed by atoms with Crippen LogP contribution < -0.4 is 5.73 Å². The zero-order valence-electron chi connectivity index (χ0n) is 9.87. The number of nitrogens with zero attached hydrogens (tertiary/aromatic N) is 1. The standard InChI is InChI=1S/C13H16N2S/c1-4-11-12(15-13(14)16-11)10-7-8(2)5-6-9(10)3/h5-7H,4H2,1-3H3,(H2,14,15). The third-order valence-corrected chi connectivity index (χ3v) is 3.71. The van der Waals surface area contributed by atoms with E-state index in [1.54, 1.807) is 11.3 Å². The Morgan fingerprint density at radius 3 is 2.75 bits per heavy atom. The van der Waals surface area contributed by atoms with Gasteiger partial charge >= 0.3 is 0 Å². The summed E-state index contributed by atoms with van der Waals surface area (Å²) in [6.45, 7) is 6.36. The zero-order valence-corrected chi connectivity index (χ0v) is 10.7. The summed E-state index contributed by atoms with van der Waals surface area (Å²) in [6.07, 6.45) is 0.984. The van der Waals surface area contributed by atoms with Crippen LogP contribution in [0.1, 0.15) is 22.9 Å². The summed E-state index contributed by atoms with van der Waals surface area (Å²) in [5.41, 5.74) is 10.6. The maximum atomic E-state index is 5.79. The Morgan fingerprint density at radius 2 is 2.06 bits per heavy atom. The number of aromatic nitrogens is 1. The van der Waals surface area contributed by atoms with Crippen LogP contribution in [0.3, 0.4) is 0 Å². The van der Waals surface area contributed by atoms with Crippen molar-refractivity contribution < 1.29 is 0 Å². The molecule has 2 nitrogen and oxygen atoms in total. The van der Waals surface area contributed by atoms with Gasteiger partial charge in [0.15, 0.2) is 5.13 Å². The van der Waals surface area contributed by atoms with Crippen LogP contribution in [-0.2, 0) is 6.42 Å². The molecule has 0 bridgehead atoms. The van der Waals surface area contributed by atoms with Crippen LogP contribution in [0.15, 0.2) is 18.2 Å². The van der Waals surface area contributed by atoms with Crippen LogP contribution >= 0.6 is 11.3 Å². The van der Waals surface area contributed by atoms with Gasteiger partial charge in [-0.15, -0.1) is 11.3 Å². The van der Waals surface area contributed by atoms with Crippen molar-refractivity contribution in [1.82, 2.24) is 4.98 Å². The average Bonchev–Trinajstić information content (AvgIpc) is 2.63. The molecule has 2 N–H and O–H groups in total. The Bertz CT molecular complexity index is 515. The van der Waals surface area contributed by atoms with E-state index in [0.29, 0.717) is 5.13 Å². The molecule has 0 spiro atoms. The first-order valence-corrected chi connectivity index (χ1v) is 6.26. The monoisotopic (exact) mass is 232 g/mol. The van der Waals surface area contributed by atoms with Crippen LogP contribution in [0.5, 0.6) is 0 Å². The maximum Gasteiger partial charge on any atom is 0.180 e. The van der Waals surface area contributed by atoms with Gasteiger partial charge in [0.25, 0.3) is 0 Å². The molecule has 84 valence electrons. The Morgan fingerprint density at radius 1 is 1.31 bits per heavy atom. The molecule has 1 heterocycles. The minimum atomic E-state index is 0.660. The van der Waals surface area contributed by atoms with Gasteiger partial charge in [-0.1, -0.05) is 24.6 Å². The van der Waals surface area contributed by atoms with Gasteiger partial charge in [0.1, 0.15) is 0 Å². The molecule has 0 fully saturated rings. The van der Waals surface area contributed by atoms with Crippen LogP contribution in [0.25, 0.3) is 11.3 Å². The summed E-state index contributed by atoms with van der Waals surface area (Å²) in [5, 5.41) is 0.660. The maximum absolute atomic E-state index is 5.79. The predicted octanol–water partition coefficient (Wildman–Crippen LogP) is 3.57. The van der Waals surface area contributed by atoms with Gasteiger partial charge < -0.3 is 5.73 Å². The van der Waals surface area contributed by atoms with E-state index in [9.17, 15) is 0 Å². The fraction of sp³-hybridized carbons (Fsp3) is 0.308. The van der Waals surface area contributed by atoms with Gasteiger partial charge in [-0.3, -0.25) is 0 Å². The van der Waals surface area contributed by atoms with Gasteiger partial charge in [-0.2, -0.15) is 0 Å². The van der Waals surface area contributed by atoms with E-state index in [1.165, 1.54) is 21.6 Å².